The summed E-state index contributed by atoms with van der Waals surface area (Å²) in [6.07, 6.45) is 7.06. The first-order valence-electron chi connectivity index (χ1n) is 4.88. The lowest BCUT2D eigenvalue weighted by molar-refractivity contribution is 1.09. The number of rotatable bonds is 2. The molecule has 70 valence electrons. The molecule has 0 N–H and O–H groups in total. The molecule has 1 aromatic carbocycles. The second-order valence-corrected chi connectivity index (χ2v) is 2.50. The number of aryl methyl sites for hydroxylation is 1. The van der Waals surface area contributed by atoms with Gasteiger partial charge in [0.25, 0.3) is 0 Å². The van der Waals surface area contributed by atoms with Gasteiger partial charge in [-0.1, -0.05) is 45.0 Å². The standard InChI is InChI=1S/C11H12.C2H6/c1-3-7-11-9-6-5-8-10(11)4-2;1-2/h1,5-6,8-9H,4,7H2,2H3;1-2H3. The van der Waals surface area contributed by atoms with E-state index in [1.165, 1.54) is 11.1 Å². The summed E-state index contributed by atoms with van der Waals surface area (Å²) in [6, 6.07) is 8.32. The maximum atomic E-state index is 5.23. The molecule has 13 heavy (non-hydrogen) atoms. The van der Waals surface area contributed by atoms with Gasteiger partial charge in [0, 0.05) is 6.42 Å². The molecule has 0 atom stereocenters. The molecule has 0 heteroatoms. The third-order valence-electron chi connectivity index (χ3n) is 1.79. The summed E-state index contributed by atoms with van der Waals surface area (Å²) >= 11 is 0. The van der Waals surface area contributed by atoms with Crippen molar-refractivity contribution in [3.05, 3.63) is 35.4 Å². The van der Waals surface area contributed by atoms with Gasteiger partial charge in [-0.25, -0.2) is 0 Å². The molecule has 0 aliphatic rings. The molecule has 1 rings (SSSR count). The minimum atomic E-state index is 0.754. The fourth-order valence-electron chi connectivity index (χ4n) is 1.18. The highest BCUT2D eigenvalue weighted by Crippen LogP contribution is 2.08. The van der Waals surface area contributed by atoms with E-state index in [-0.39, 0.29) is 0 Å². The Bertz CT molecular complexity index is 266. The first-order chi connectivity index (χ1) is 6.38. The van der Waals surface area contributed by atoms with Crippen molar-refractivity contribution in [2.45, 2.75) is 33.6 Å². The highest BCUT2D eigenvalue weighted by Gasteiger charge is 1.95. The lowest BCUT2D eigenvalue weighted by atomic mass is 10.0. The fourth-order valence-corrected chi connectivity index (χ4v) is 1.18. The van der Waals surface area contributed by atoms with E-state index < -0.39 is 0 Å². The average molecular weight is 174 g/mol. The van der Waals surface area contributed by atoms with Crippen LogP contribution >= 0.6 is 0 Å². The Morgan fingerprint density at radius 1 is 1.15 bits per heavy atom. The molecule has 0 saturated heterocycles. The predicted octanol–water partition coefficient (Wildman–Crippen LogP) is 3.45. The number of benzene rings is 1. The summed E-state index contributed by atoms with van der Waals surface area (Å²) in [6.45, 7) is 6.15. The predicted molar refractivity (Wildman–Crippen MR) is 59.7 cm³/mol. The smallest absolute Gasteiger partial charge is 0.0340 e. The van der Waals surface area contributed by atoms with Crippen molar-refractivity contribution in [1.29, 1.82) is 0 Å². The van der Waals surface area contributed by atoms with Gasteiger partial charge in [-0.15, -0.1) is 12.3 Å². The monoisotopic (exact) mass is 174 g/mol. The first-order valence-corrected chi connectivity index (χ1v) is 4.88. The minimum Gasteiger partial charge on any atom is -0.120 e. The Hall–Kier alpha value is -1.22. The molecule has 0 amide bonds. The van der Waals surface area contributed by atoms with Crippen LogP contribution in [-0.2, 0) is 12.8 Å². The highest BCUT2D eigenvalue weighted by molar-refractivity contribution is 5.29. The van der Waals surface area contributed by atoms with Crippen molar-refractivity contribution >= 4 is 0 Å². The zero-order chi connectivity index (χ0) is 10.1. The van der Waals surface area contributed by atoms with Crippen LogP contribution in [0.3, 0.4) is 0 Å². The van der Waals surface area contributed by atoms with E-state index >= 15 is 0 Å². The average Bonchev–Trinajstić information content (AvgIpc) is 2.22. The highest BCUT2D eigenvalue weighted by atomic mass is 14.0. The maximum absolute atomic E-state index is 5.23. The van der Waals surface area contributed by atoms with Gasteiger partial charge < -0.3 is 0 Å². The molecule has 0 spiro atoms. The summed E-state index contributed by atoms with van der Waals surface area (Å²) in [5.74, 6) is 2.66. The molecule has 0 saturated carbocycles. The fraction of sp³-hybridized carbons (Fsp3) is 0.385. The molecular formula is C13H18. The van der Waals surface area contributed by atoms with Gasteiger partial charge in [0.15, 0.2) is 0 Å². The summed E-state index contributed by atoms with van der Waals surface area (Å²) in [4.78, 5) is 0. The van der Waals surface area contributed by atoms with E-state index in [2.05, 4.69) is 31.0 Å². The van der Waals surface area contributed by atoms with E-state index in [1.54, 1.807) is 0 Å². The van der Waals surface area contributed by atoms with E-state index in [1.807, 2.05) is 19.9 Å². The molecule has 0 radical (unpaired) electrons. The van der Waals surface area contributed by atoms with E-state index in [9.17, 15) is 0 Å². The van der Waals surface area contributed by atoms with E-state index in [4.69, 9.17) is 6.42 Å². The number of terminal acetylenes is 1. The van der Waals surface area contributed by atoms with Crippen LogP contribution < -0.4 is 0 Å². The van der Waals surface area contributed by atoms with E-state index in [0.29, 0.717) is 0 Å². The summed E-state index contributed by atoms with van der Waals surface area (Å²) in [5, 5.41) is 0. The molecule has 0 aliphatic heterocycles. The lowest BCUT2D eigenvalue weighted by Gasteiger charge is -2.02. The van der Waals surface area contributed by atoms with Gasteiger partial charge in [-0.05, 0) is 17.5 Å². The van der Waals surface area contributed by atoms with Crippen molar-refractivity contribution < 1.29 is 0 Å². The SMILES string of the molecule is C#CCc1ccccc1CC.CC. The largest absolute Gasteiger partial charge is 0.120 e. The zero-order valence-corrected chi connectivity index (χ0v) is 8.80. The van der Waals surface area contributed by atoms with Crippen molar-refractivity contribution in [2.75, 3.05) is 0 Å². The number of hydrogen-bond donors (Lipinski definition) is 0. The van der Waals surface area contributed by atoms with Crippen LogP contribution in [0, 0.1) is 12.3 Å². The van der Waals surface area contributed by atoms with Crippen LogP contribution in [0.15, 0.2) is 24.3 Å². The van der Waals surface area contributed by atoms with Gasteiger partial charge in [0.1, 0.15) is 0 Å². The topological polar surface area (TPSA) is 0 Å². The third-order valence-corrected chi connectivity index (χ3v) is 1.79. The molecule has 0 aliphatic carbocycles. The summed E-state index contributed by atoms with van der Waals surface area (Å²) < 4.78 is 0. The van der Waals surface area contributed by atoms with Gasteiger partial charge >= 0.3 is 0 Å². The molecule has 0 heterocycles. The van der Waals surface area contributed by atoms with Gasteiger partial charge in [0.2, 0.25) is 0 Å². The first kappa shape index (κ1) is 11.8. The quantitative estimate of drug-likeness (QED) is 0.602. The van der Waals surface area contributed by atoms with Crippen LogP contribution in [-0.4, -0.2) is 0 Å². The van der Waals surface area contributed by atoms with Crippen LogP contribution in [0.25, 0.3) is 0 Å². The molecule has 1 aromatic rings. The molecule has 0 fully saturated rings. The third kappa shape index (κ3) is 3.80. The Morgan fingerprint density at radius 3 is 2.15 bits per heavy atom. The second kappa shape index (κ2) is 7.43. The number of hydrogen-bond acceptors (Lipinski definition) is 0. The Morgan fingerprint density at radius 2 is 1.69 bits per heavy atom. The lowest BCUT2D eigenvalue weighted by Crippen LogP contribution is -1.89. The molecular weight excluding hydrogens is 156 g/mol. The zero-order valence-electron chi connectivity index (χ0n) is 8.80. The molecule has 0 unspecified atom stereocenters. The van der Waals surface area contributed by atoms with Crippen LogP contribution in [0.2, 0.25) is 0 Å². The van der Waals surface area contributed by atoms with Crippen molar-refractivity contribution in [3.8, 4) is 12.3 Å². The molecule has 0 aromatic heterocycles. The Labute approximate surface area is 82.0 Å². The summed E-state index contributed by atoms with van der Waals surface area (Å²) in [7, 11) is 0. The van der Waals surface area contributed by atoms with Crippen LogP contribution in [0.5, 0.6) is 0 Å². The Balaban J connectivity index is 0.000000671. The van der Waals surface area contributed by atoms with Crippen molar-refractivity contribution in [3.63, 3.8) is 0 Å². The minimum absolute atomic E-state index is 0.754. The van der Waals surface area contributed by atoms with Crippen LogP contribution in [0.1, 0.15) is 31.9 Å². The second-order valence-electron chi connectivity index (χ2n) is 2.50. The summed E-state index contributed by atoms with van der Waals surface area (Å²) in [5.41, 5.74) is 2.66. The van der Waals surface area contributed by atoms with Gasteiger partial charge in [-0.3, -0.25) is 0 Å². The Kier molecular flexibility index (Phi) is 6.73. The van der Waals surface area contributed by atoms with Gasteiger partial charge in [0.05, 0.1) is 0 Å². The molecule has 0 nitrogen and oxygen atoms in total. The van der Waals surface area contributed by atoms with Crippen molar-refractivity contribution in [2.24, 2.45) is 0 Å². The maximum Gasteiger partial charge on any atom is 0.0340 e. The van der Waals surface area contributed by atoms with Crippen LogP contribution in [0.4, 0.5) is 0 Å². The van der Waals surface area contributed by atoms with Crippen molar-refractivity contribution in [1.82, 2.24) is 0 Å². The van der Waals surface area contributed by atoms with Gasteiger partial charge in [-0.2, -0.15) is 0 Å². The van der Waals surface area contributed by atoms with E-state index in [0.717, 1.165) is 12.8 Å². The normalized spacial score (nSPS) is 8.15. The molecule has 0 bridgehead atoms.